The van der Waals surface area contributed by atoms with Crippen molar-refractivity contribution in [1.29, 1.82) is 0 Å². The normalized spacial score (nSPS) is 31.2. The quantitative estimate of drug-likeness (QED) is 0.533. The number of amides is 1. The highest BCUT2D eigenvalue weighted by Crippen LogP contribution is 2.43. The monoisotopic (exact) mass is 318 g/mol. The Labute approximate surface area is 125 Å². The second-order valence-corrected chi connectivity index (χ2v) is 8.29. The second-order valence-electron chi connectivity index (χ2n) is 6.15. The molecule has 2 rings (SSSR count). The van der Waals surface area contributed by atoms with Gasteiger partial charge < -0.3 is 16.2 Å². The topological polar surface area (TPSA) is 113 Å². The lowest BCUT2D eigenvalue weighted by molar-refractivity contribution is -0.131. The Hall–Kier alpha value is -0.700. The van der Waals surface area contributed by atoms with Crippen LogP contribution >= 0.6 is 0 Å². The molecule has 2 fully saturated rings. The van der Waals surface area contributed by atoms with Crippen molar-refractivity contribution in [3.05, 3.63) is 6.42 Å². The first-order chi connectivity index (χ1) is 9.74. The fraction of sp³-hybridized carbons (Fsp3) is 0.846. The number of hydrogen-bond acceptors (Lipinski definition) is 6. The Bertz CT molecular complexity index is 492. The number of carbonyl (C=O) groups excluding carboxylic acids is 1. The van der Waals surface area contributed by atoms with Crippen LogP contribution in [0.2, 0.25) is 0 Å². The van der Waals surface area contributed by atoms with E-state index in [1.54, 1.807) is 0 Å². The van der Waals surface area contributed by atoms with E-state index in [1.807, 2.05) is 4.90 Å². The van der Waals surface area contributed by atoms with Crippen molar-refractivity contribution in [2.45, 2.75) is 43.4 Å². The van der Waals surface area contributed by atoms with Crippen LogP contribution in [0.3, 0.4) is 0 Å². The molecule has 8 heteroatoms. The summed E-state index contributed by atoms with van der Waals surface area (Å²) < 4.78 is 22.1. The van der Waals surface area contributed by atoms with E-state index in [0.717, 1.165) is 25.5 Å². The molecule has 4 N–H and O–H groups in total. The van der Waals surface area contributed by atoms with E-state index in [0.29, 0.717) is 13.0 Å². The van der Waals surface area contributed by atoms with E-state index >= 15 is 0 Å². The number of β-amino-alcohol motifs (C(OH)–C–C–N with tert-alkyl or cyclic N) is 1. The summed E-state index contributed by atoms with van der Waals surface area (Å²) in [6.45, 7) is 0.507. The molecule has 2 heterocycles. The number of nitrogens with two attached hydrogens (primary N) is 1. The summed E-state index contributed by atoms with van der Waals surface area (Å²) in [5.41, 5.74) is 4.92. The Morgan fingerprint density at radius 1 is 1.62 bits per heavy atom. The maximum Gasteiger partial charge on any atom is 0.237 e. The van der Waals surface area contributed by atoms with Crippen LogP contribution in [0.15, 0.2) is 0 Å². The molecule has 21 heavy (non-hydrogen) atoms. The molecule has 0 aromatic heterocycles. The van der Waals surface area contributed by atoms with Gasteiger partial charge in [0.1, 0.15) is 5.54 Å². The first-order valence-electron chi connectivity index (χ1n) is 7.19. The van der Waals surface area contributed by atoms with Gasteiger partial charge in [-0.25, -0.2) is 8.42 Å². The largest absolute Gasteiger partial charge is 0.390 e. The van der Waals surface area contributed by atoms with Crippen LogP contribution in [-0.4, -0.2) is 67.2 Å². The minimum atomic E-state index is -3.10. The van der Waals surface area contributed by atoms with E-state index in [-0.39, 0.29) is 24.4 Å². The van der Waals surface area contributed by atoms with Crippen molar-refractivity contribution in [2.24, 2.45) is 5.73 Å². The van der Waals surface area contributed by atoms with Crippen LogP contribution in [0, 0.1) is 6.42 Å². The summed E-state index contributed by atoms with van der Waals surface area (Å²) in [4.78, 5) is 13.9. The second kappa shape index (κ2) is 6.20. The lowest BCUT2D eigenvalue weighted by atomic mass is 9.87. The van der Waals surface area contributed by atoms with Crippen LogP contribution in [0.25, 0.3) is 0 Å². The first-order valence-corrected chi connectivity index (χ1v) is 9.25. The van der Waals surface area contributed by atoms with E-state index in [4.69, 9.17) is 5.73 Å². The lowest BCUT2D eigenvalue weighted by Gasteiger charge is -2.43. The Kier molecular flexibility index (Phi) is 4.92. The number of hydrogen-bond donors (Lipinski definition) is 3. The Morgan fingerprint density at radius 3 is 2.95 bits per heavy atom. The lowest BCUT2D eigenvalue weighted by Crippen LogP contribution is -2.60. The van der Waals surface area contributed by atoms with E-state index in [1.165, 1.54) is 0 Å². The zero-order valence-corrected chi connectivity index (χ0v) is 13.1. The molecule has 2 saturated heterocycles. The number of aliphatic hydroxyl groups is 1. The fourth-order valence-corrected chi connectivity index (χ4v) is 3.91. The summed E-state index contributed by atoms with van der Waals surface area (Å²) in [5.74, 6) is -0.500. The minimum Gasteiger partial charge on any atom is -0.390 e. The van der Waals surface area contributed by atoms with Gasteiger partial charge in [-0.15, -0.1) is 0 Å². The number of rotatable bonds is 7. The number of piperidine rings is 1. The number of primary amides is 1. The highest BCUT2D eigenvalue weighted by Gasteiger charge is 2.52. The molecule has 121 valence electrons. The average molecular weight is 318 g/mol. The van der Waals surface area contributed by atoms with E-state index < -0.39 is 21.5 Å². The number of fused-ring (bicyclic) bond motifs is 2. The molecule has 0 aromatic rings. The molecule has 2 aliphatic heterocycles. The molecular formula is C13H24N3O4S. The van der Waals surface area contributed by atoms with Crippen LogP contribution in [0.1, 0.15) is 25.7 Å². The summed E-state index contributed by atoms with van der Waals surface area (Å²) in [5, 5.41) is 12.8. The SMILES string of the molecule is CS(=O)(=O)CNC[C@H](O)CN1[C@@H]2C[CH]C[C@@]1(C(N)=O)CC2. The predicted octanol–water partition coefficient (Wildman–Crippen LogP) is -1.37. The molecule has 7 nitrogen and oxygen atoms in total. The van der Waals surface area contributed by atoms with Crippen LogP contribution in [0.4, 0.5) is 0 Å². The highest BCUT2D eigenvalue weighted by molar-refractivity contribution is 7.90. The summed E-state index contributed by atoms with van der Waals surface area (Å²) >= 11 is 0. The molecule has 2 bridgehead atoms. The Morgan fingerprint density at radius 2 is 2.33 bits per heavy atom. The number of aliphatic hydroxyl groups excluding tert-OH is 1. The zero-order chi connectivity index (χ0) is 15.7. The van der Waals surface area contributed by atoms with Crippen molar-refractivity contribution >= 4 is 15.7 Å². The standard InChI is InChI=1S/C13H24N3O4S/c1-21(19,20)9-15-7-11(17)8-16-10-3-2-5-13(16,6-4-10)12(14)18/h2,10-11,15,17H,3-9H2,1H3,(H2,14,18)/t10-,11+,13+/m1/s1. The number of nitrogens with zero attached hydrogens (tertiary/aromatic N) is 1. The molecule has 0 aliphatic carbocycles. The van der Waals surface area contributed by atoms with Crippen LogP contribution in [-0.2, 0) is 14.6 Å². The van der Waals surface area contributed by atoms with Gasteiger partial charge in [0, 0.05) is 25.4 Å². The van der Waals surface area contributed by atoms with E-state index in [9.17, 15) is 18.3 Å². The number of carbonyl (C=O) groups is 1. The maximum atomic E-state index is 11.9. The third-order valence-corrected chi connectivity index (χ3v) is 5.14. The molecule has 2 aliphatic rings. The first kappa shape index (κ1) is 16.7. The molecule has 0 spiro atoms. The predicted molar refractivity (Wildman–Crippen MR) is 78.9 cm³/mol. The minimum absolute atomic E-state index is 0.164. The summed E-state index contributed by atoms with van der Waals surface area (Å²) in [6, 6.07) is 0.246. The van der Waals surface area contributed by atoms with Gasteiger partial charge in [0.15, 0.2) is 9.84 Å². The van der Waals surface area contributed by atoms with Crippen molar-refractivity contribution in [1.82, 2.24) is 10.2 Å². The number of nitrogens with one attached hydrogen (secondary N) is 1. The molecule has 3 atom stereocenters. The van der Waals surface area contributed by atoms with Gasteiger partial charge in [-0.2, -0.15) is 0 Å². The fourth-order valence-electron chi connectivity index (χ4n) is 3.42. The van der Waals surface area contributed by atoms with Gasteiger partial charge in [-0.05, 0) is 32.1 Å². The average Bonchev–Trinajstić information content (AvgIpc) is 2.57. The van der Waals surface area contributed by atoms with Crippen LogP contribution in [0.5, 0.6) is 0 Å². The van der Waals surface area contributed by atoms with Crippen molar-refractivity contribution in [2.75, 3.05) is 25.2 Å². The van der Waals surface area contributed by atoms with Crippen molar-refractivity contribution in [3.8, 4) is 0 Å². The van der Waals surface area contributed by atoms with Crippen molar-refractivity contribution < 1.29 is 18.3 Å². The van der Waals surface area contributed by atoms with Gasteiger partial charge >= 0.3 is 0 Å². The van der Waals surface area contributed by atoms with E-state index in [2.05, 4.69) is 11.7 Å². The number of sulfone groups is 1. The molecule has 0 unspecified atom stereocenters. The Balaban J connectivity index is 1.93. The summed E-state index contributed by atoms with van der Waals surface area (Å²) in [7, 11) is -3.10. The molecule has 0 saturated carbocycles. The zero-order valence-electron chi connectivity index (χ0n) is 12.3. The third-order valence-electron chi connectivity index (χ3n) is 4.41. The van der Waals surface area contributed by atoms with Gasteiger partial charge in [0.2, 0.25) is 5.91 Å². The van der Waals surface area contributed by atoms with Gasteiger partial charge in [-0.3, -0.25) is 9.69 Å². The van der Waals surface area contributed by atoms with Gasteiger partial charge in [0.25, 0.3) is 0 Å². The third kappa shape index (κ3) is 3.74. The van der Waals surface area contributed by atoms with Gasteiger partial charge in [-0.1, -0.05) is 0 Å². The highest BCUT2D eigenvalue weighted by atomic mass is 32.2. The molecular weight excluding hydrogens is 294 g/mol. The smallest absolute Gasteiger partial charge is 0.237 e. The molecule has 1 radical (unpaired) electrons. The molecule has 1 amide bonds. The maximum absolute atomic E-state index is 11.9. The summed E-state index contributed by atoms with van der Waals surface area (Å²) in [6.07, 6.45) is 5.67. The van der Waals surface area contributed by atoms with Gasteiger partial charge in [0.05, 0.1) is 12.0 Å². The van der Waals surface area contributed by atoms with Crippen LogP contribution < -0.4 is 11.1 Å². The molecule has 0 aromatic carbocycles. The van der Waals surface area contributed by atoms with Crippen molar-refractivity contribution in [3.63, 3.8) is 0 Å².